The molecule has 7 heteroatoms. The van der Waals surface area contributed by atoms with Crippen molar-refractivity contribution in [1.29, 1.82) is 0 Å². The van der Waals surface area contributed by atoms with E-state index in [1.807, 2.05) is 30.3 Å². The molecule has 3 aromatic rings. The quantitative estimate of drug-likeness (QED) is 0.482. The molecule has 1 N–H and O–H groups in total. The van der Waals surface area contributed by atoms with E-state index in [0.29, 0.717) is 16.4 Å². The fourth-order valence-electron chi connectivity index (χ4n) is 3.12. The van der Waals surface area contributed by atoms with Crippen molar-refractivity contribution in [3.8, 4) is 0 Å². The summed E-state index contributed by atoms with van der Waals surface area (Å²) < 4.78 is 0. The number of Topliss-reactive ketones (excluding diaryl/α,β-unsaturated/α-hetero) is 1. The summed E-state index contributed by atoms with van der Waals surface area (Å²) in [7, 11) is 0. The topological polar surface area (TPSA) is 62.8 Å². The largest absolute Gasteiger partial charge is 0.348 e. The highest BCUT2D eigenvalue weighted by Gasteiger charge is 2.32. The van der Waals surface area contributed by atoms with Gasteiger partial charge in [0.25, 0.3) is 0 Å². The highest BCUT2D eigenvalue weighted by atomic mass is 35.5. The lowest BCUT2D eigenvalue weighted by Gasteiger charge is -2.21. The first-order valence-electron chi connectivity index (χ1n) is 8.62. The van der Waals surface area contributed by atoms with Crippen LogP contribution in [0.25, 0.3) is 0 Å². The van der Waals surface area contributed by atoms with Crippen LogP contribution in [0.15, 0.2) is 60.9 Å². The first kappa shape index (κ1) is 20.6. The van der Waals surface area contributed by atoms with E-state index in [1.165, 1.54) is 6.07 Å². The second-order valence-corrected chi connectivity index (χ2v) is 7.89. The molecule has 0 radical (unpaired) electrons. The van der Waals surface area contributed by atoms with E-state index < -0.39 is 11.8 Å². The number of imidazole rings is 1. The van der Waals surface area contributed by atoms with Crippen LogP contribution < -0.4 is 0 Å². The van der Waals surface area contributed by atoms with Gasteiger partial charge in [-0.2, -0.15) is 0 Å². The van der Waals surface area contributed by atoms with Gasteiger partial charge < -0.3 is 4.98 Å². The van der Waals surface area contributed by atoms with Gasteiger partial charge in [-0.15, -0.1) is 0 Å². The number of halogens is 2. The molecule has 0 bridgehead atoms. The predicted molar refractivity (Wildman–Crippen MR) is 114 cm³/mol. The number of nitrogens with one attached hydrogen (secondary N) is 1. The van der Waals surface area contributed by atoms with Gasteiger partial charge in [-0.1, -0.05) is 65.3 Å². The number of aromatic nitrogens is 2. The van der Waals surface area contributed by atoms with Crippen molar-refractivity contribution in [2.75, 3.05) is 6.26 Å². The molecule has 0 fully saturated rings. The van der Waals surface area contributed by atoms with Gasteiger partial charge >= 0.3 is 0 Å². The number of benzene rings is 2. The first-order valence-corrected chi connectivity index (χ1v) is 10.6. The Labute approximate surface area is 177 Å². The van der Waals surface area contributed by atoms with E-state index in [9.17, 15) is 9.59 Å². The molecule has 0 aliphatic rings. The number of hydrogen-bond acceptors (Lipinski definition) is 4. The van der Waals surface area contributed by atoms with Crippen LogP contribution in [0.5, 0.6) is 0 Å². The minimum Gasteiger partial charge on any atom is -0.348 e. The summed E-state index contributed by atoms with van der Waals surface area (Å²) in [5.41, 5.74) is 1.23. The molecule has 2 unspecified atom stereocenters. The zero-order valence-corrected chi connectivity index (χ0v) is 17.4. The highest BCUT2D eigenvalue weighted by Crippen LogP contribution is 2.35. The van der Waals surface area contributed by atoms with Crippen molar-refractivity contribution >= 4 is 45.9 Å². The van der Waals surface area contributed by atoms with Crippen LogP contribution in [0.1, 0.15) is 40.0 Å². The third kappa shape index (κ3) is 4.66. The van der Waals surface area contributed by atoms with Gasteiger partial charge in [0.05, 0.1) is 16.9 Å². The number of H-pyrrole nitrogens is 1. The number of thioether (sulfide) groups is 1. The molecule has 3 rings (SSSR count). The standard InChI is InChI=1S/C21H18Cl2N2O2S/c1-28-21(27)16(13-5-3-2-4-6-13)12-17(20-24-9-10-25-20)19(26)15-8-7-14(22)11-18(15)23/h2-11,16-17H,12H2,1H3,(H,24,25). The summed E-state index contributed by atoms with van der Waals surface area (Å²) in [4.78, 5) is 33.3. The average Bonchev–Trinajstić information content (AvgIpc) is 3.23. The number of ketones is 1. The van der Waals surface area contributed by atoms with Crippen LogP contribution in [-0.2, 0) is 4.79 Å². The van der Waals surface area contributed by atoms with Crippen molar-refractivity contribution in [2.45, 2.75) is 18.3 Å². The van der Waals surface area contributed by atoms with Gasteiger partial charge in [-0.25, -0.2) is 4.98 Å². The van der Waals surface area contributed by atoms with E-state index in [4.69, 9.17) is 23.2 Å². The summed E-state index contributed by atoms with van der Waals surface area (Å²) in [6, 6.07) is 14.2. The first-order chi connectivity index (χ1) is 13.5. The monoisotopic (exact) mass is 432 g/mol. The molecule has 0 aliphatic carbocycles. The fourth-order valence-corrected chi connectivity index (χ4v) is 4.14. The van der Waals surface area contributed by atoms with Crippen molar-refractivity contribution < 1.29 is 9.59 Å². The Morgan fingerprint density at radius 2 is 1.86 bits per heavy atom. The van der Waals surface area contributed by atoms with Crippen LogP contribution in [0.3, 0.4) is 0 Å². The number of hydrogen-bond donors (Lipinski definition) is 1. The maximum absolute atomic E-state index is 13.3. The molecule has 0 saturated heterocycles. The molecule has 2 atom stereocenters. The Balaban J connectivity index is 2.00. The van der Waals surface area contributed by atoms with E-state index >= 15 is 0 Å². The van der Waals surface area contributed by atoms with E-state index in [2.05, 4.69) is 9.97 Å². The van der Waals surface area contributed by atoms with Crippen molar-refractivity contribution in [3.05, 3.63) is 87.9 Å². The Morgan fingerprint density at radius 3 is 2.46 bits per heavy atom. The van der Waals surface area contributed by atoms with Crippen molar-refractivity contribution in [2.24, 2.45) is 0 Å². The molecule has 1 aromatic heterocycles. The molecular weight excluding hydrogens is 415 g/mol. The van der Waals surface area contributed by atoms with Crippen molar-refractivity contribution in [3.63, 3.8) is 0 Å². The maximum Gasteiger partial charge on any atom is 0.196 e. The Bertz CT molecular complexity index is 962. The van der Waals surface area contributed by atoms with Gasteiger partial charge in [0.1, 0.15) is 5.82 Å². The lowest BCUT2D eigenvalue weighted by atomic mass is 9.85. The molecule has 0 spiro atoms. The van der Waals surface area contributed by atoms with Crippen LogP contribution in [0.4, 0.5) is 0 Å². The zero-order valence-electron chi connectivity index (χ0n) is 15.1. The molecule has 144 valence electrons. The second kappa shape index (κ2) is 9.41. The second-order valence-electron chi connectivity index (χ2n) is 6.24. The number of aromatic amines is 1. The van der Waals surface area contributed by atoms with E-state index in [-0.39, 0.29) is 22.3 Å². The Hall–Kier alpha value is -2.08. The number of carbonyl (C=O) groups is 2. The minimum atomic E-state index is -0.644. The highest BCUT2D eigenvalue weighted by molar-refractivity contribution is 8.13. The lowest BCUT2D eigenvalue weighted by Crippen LogP contribution is -2.21. The third-order valence-electron chi connectivity index (χ3n) is 4.52. The SMILES string of the molecule is CSC(=O)C(CC(C(=O)c1ccc(Cl)cc1Cl)c1ncc[nH]1)c1ccccc1. The lowest BCUT2D eigenvalue weighted by molar-refractivity contribution is -0.112. The van der Waals surface area contributed by atoms with Gasteiger partial charge in [-0.3, -0.25) is 9.59 Å². The smallest absolute Gasteiger partial charge is 0.196 e. The van der Waals surface area contributed by atoms with Gasteiger partial charge in [0, 0.05) is 23.0 Å². The molecule has 4 nitrogen and oxygen atoms in total. The molecular formula is C21H18Cl2N2O2S. The summed E-state index contributed by atoms with van der Waals surface area (Å²) in [5.74, 6) is -0.784. The number of nitrogens with zero attached hydrogens (tertiary/aromatic N) is 1. The van der Waals surface area contributed by atoms with Gasteiger partial charge in [0.15, 0.2) is 10.9 Å². The fraction of sp³-hybridized carbons (Fsp3) is 0.190. The van der Waals surface area contributed by atoms with Crippen LogP contribution >= 0.6 is 35.0 Å². The summed E-state index contributed by atoms with van der Waals surface area (Å²) in [6.45, 7) is 0. The zero-order chi connectivity index (χ0) is 20.1. The van der Waals surface area contributed by atoms with Gasteiger partial charge in [0.2, 0.25) is 0 Å². The number of rotatable bonds is 7. The minimum absolute atomic E-state index is 0.00207. The molecule has 28 heavy (non-hydrogen) atoms. The Kier molecular flexibility index (Phi) is 6.94. The van der Waals surface area contributed by atoms with E-state index in [0.717, 1.165) is 17.3 Å². The molecule has 0 saturated carbocycles. The molecule has 2 aromatic carbocycles. The van der Waals surface area contributed by atoms with Crippen LogP contribution in [-0.4, -0.2) is 27.1 Å². The number of carbonyl (C=O) groups excluding carboxylic acids is 2. The average molecular weight is 433 g/mol. The molecule has 0 amide bonds. The van der Waals surface area contributed by atoms with Crippen LogP contribution in [0, 0.1) is 0 Å². The normalized spacial score (nSPS) is 13.1. The van der Waals surface area contributed by atoms with E-state index in [1.54, 1.807) is 30.8 Å². The predicted octanol–water partition coefficient (Wildman–Crippen LogP) is 5.75. The third-order valence-corrected chi connectivity index (χ3v) is 5.76. The summed E-state index contributed by atoms with van der Waals surface area (Å²) in [5, 5.41) is 0.732. The molecule has 0 aliphatic heterocycles. The van der Waals surface area contributed by atoms with Gasteiger partial charge in [-0.05, 0) is 36.4 Å². The van der Waals surface area contributed by atoms with Crippen molar-refractivity contribution in [1.82, 2.24) is 9.97 Å². The summed E-state index contributed by atoms with van der Waals surface area (Å²) in [6.07, 6.45) is 5.28. The van der Waals surface area contributed by atoms with Crippen LogP contribution in [0.2, 0.25) is 10.0 Å². The Morgan fingerprint density at radius 1 is 1.11 bits per heavy atom. The summed E-state index contributed by atoms with van der Waals surface area (Å²) >= 11 is 13.4. The molecule has 1 heterocycles. The maximum atomic E-state index is 13.3.